The molecule has 2 N–H and O–H groups in total. The number of nitrogens with one attached hydrogen (secondary N) is 2. The molecule has 0 spiro atoms. The first-order valence-electron chi connectivity index (χ1n) is 9.95. The molecule has 0 saturated heterocycles. The van der Waals surface area contributed by atoms with Crippen LogP contribution in [0.25, 0.3) is 0 Å². The van der Waals surface area contributed by atoms with Gasteiger partial charge in [0.05, 0.1) is 17.9 Å². The number of ether oxygens (including phenoxy) is 1. The number of carbonyl (C=O) groups excluding carboxylic acids is 2. The Labute approximate surface area is 177 Å². The number of anilines is 1. The van der Waals surface area contributed by atoms with Crippen LogP contribution in [0.15, 0.2) is 84.9 Å². The van der Waals surface area contributed by atoms with Crippen molar-refractivity contribution in [1.82, 2.24) is 5.32 Å². The second-order valence-electron chi connectivity index (χ2n) is 6.92. The minimum absolute atomic E-state index is 0.0740. The lowest BCUT2D eigenvalue weighted by molar-refractivity contribution is -0.116. The van der Waals surface area contributed by atoms with Gasteiger partial charge in [0.1, 0.15) is 0 Å². The lowest BCUT2D eigenvalue weighted by Gasteiger charge is -2.18. The summed E-state index contributed by atoms with van der Waals surface area (Å²) in [5.74, 6) is -0.467. The summed E-state index contributed by atoms with van der Waals surface area (Å²) in [4.78, 5) is 25.4. The van der Waals surface area contributed by atoms with Crippen molar-refractivity contribution in [3.63, 3.8) is 0 Å². The summed E-state index contributed by atoms with van der Waals surface area (Å²) >= 11 is 0. The zero-order valence-corrected chi connectivity index (χ0v) is 17.0. The molecule has 0 aromatic heterocycles. The number of benzene rings is 3. The molecule has 0 radical (unpaired) electrons. The molecule has 154 valence electrons. The first kappa shape index (κ1) is 21.3. The van der Waals surface area contributed by atoms with E-state index in [1.165, 1.54) is 0 Å². The third-order valence-corrected chi connectivity index (χ3v) is 4.83. The van der Waals surface area contributed by atoms with E-state index in [4.69, 9.17) is 4.74 Å². The van der Waals surface area contributed by atoms with Crippen LogP contribution in [0.4, 0.5) is 5.69 Å². The molecule has 0 aliphatic heterocycles. The Kier molecular flexibility index (Phi) is 7.75. The molecule has 5 nitrogen and oxygen atoms in total. The van der Waals surface area contributed by atoms with Crippen molar-refractivity contribution in [3.8, 4) is 0 Å². The smallest absolute Gasteiger partial charge is 0.253 e. The van der Waals surface area contributed by atoms with Gasteiger partial charge in [-0.3, -0.25) is 9.59 Å². The molecule has 3 aromatic rings. The van der Waals surface area contributed by atoms with Crippen LogP contribution in [0.3, 0.4) is 0 Å². The molecular weight excluding hydrogens is 376 g/mol. The van der Waals surface area contributed by atoms with Gasteiger partial charge >= 0.3 is 0 Å². The highest BCUT2D eigenvalue weighted by atomic mass is 16.5. The van der Waals surface area contributed by atoms with Gasteiger partial charge in [-0.05, 0) is 23.3 Å². The second-order valence-corrected chi connectivity index (χ2v) is 6.92. The van der Waals surface area contributed by atoms with Crippen LogP contribution in [-0.2, 0) is 9.53 Å². The first-order valence-corrected chi connectivity index (χ1v) is 9.95. The van der Waals surface area contributed by atoms with Gasteiger partial charge in [-0.25, -0.2) is 0 Å². The van der Waals surface area contributed by atoms with Crippen molar-refractivity contribution in [1.29, 1.82) is 0 Å². The summed E-state index contributed by atoms with van der Waals surface area (Å²) < 4.78 is 4.97. The molecule has 0 saturated carbocycles. The van der Waals surface area contributed by atoms with Crippen LogP contribution in [-0.4, -0.2) is 32.1 Å². The number of hydrogen-bond donors (Lipinski definition) is 2. The van der Waals surface area contributed by atoms with E-state index < -0.39 is 0 Å². The predicted molar refractivity (Wildman–Crippen MR) is 119 cm³/mol. The number of carbonyl (C=O) groups is 2. The number of para-hydroxylation sites is 1. The Morgan fingerprint density at radius 3 is 2.00 bits per heavy atom. The SMILES string of the molecule is COCCNC(=O)c1ccccc1NC(=O)CC(c1ccccc1)c1ccccc1. The van der Waals surface area contributed by atoms with Gasteiger partial charge < -0.3 is 15.4 Å². The third kappa shape index (κ3) is 5.78. The molecule has 2 amide bonds. The van der Waals surface area contributed by atoms with E-state index >= 15 is 0 Å². The fourth-order valence-corrected chi connectivity index (χ4v) is 3.34. The molecular formula is C25H26N2O3. The summed E-state index contributed by atoms with van der Waals surface area (Å²) in [6, 6.07) is 27.0. The van der Waals surface area contributed by atoms with Crippen LogP contribution in [0.2, 0.25) is 0 Å². The average Bonchev–Trinajstić information content (AvgIpc) is 2.79. The van der Waals surface area contributed by atoms with Gasteiger partial charge in [0.2, 0.25) is 5.91 Å². The standard InChI is InChI=1S/C25H26N2O3/c1-30-17-16-26-25(29)21-14-8-9-15-23(21)27-24(28)18-22(19-10-4-2-5-11-19)20-12-6-3-7-13-20/h2-15,22H,16-18H2,1H3,(H,26,29)(H,27,28). The zero-order chi connectivity index (χ0) is 21.2. The predicted octanol–water partition coefficient (Wildman–Crippen LogP) is 4.22. The van der Waals surface area contributed by atoms with Crippen LogP contribution >= 0.6 is 0 Å². The molecule has 0 heterocycles. The number of methoxy groups -OCH3 is 1. The minimum atomic E-state index is -0.245. The number of hydrogen-bond acceptors (Lipinski definition) is 3. The van der Waals surface area contributed by atoms with Gasteiger partial charge in [0.25, 0.3) is 5.91 Å². The van der Waals surface area contributed by atoms with E-state index in [1.54, 1.807) is 31.4 Å². The van der Waals surface area contributed by atoms with E-state index in [9.17, 15) is 9.59 Å². The Bertz CT molecular complexity index is 919. The molecule has 0 unspecified atom stereocenters. The highest BCUT2D eigenvalue weighted by molar-refractivity contribution is 6.03. The van der Waals surface area contributed by atoms with Crippen LogP contribution < -0.4 is 10.6 Å². The fourth-order valence-electron chi connectivity index (χ4n) is 3.34. The van der Waals surface area contributed by atoms with Crippen molar-refractivity contribution >= 4 is 17.5 Å². The lowest BCUT2D eigenvalue weighted by Crippen LogP contribution is -2.28. The van der Waals surface area contributed by atoms with E-state index in [1.807, 2.05) is 60.7 Å². The molecule has 30 heavy (non-hydrogen) atoms. The molecule has 0 aliphatic rings. The first-order chi connectivity index (χ1) is 14.7. The topological polar surface area (TPSA) is 67.4 Å². The summed E-state index contributed by atoms with van der Waals surface area (Å²) in [6.07, 6.45) is 0.271. The Morgan fingerprint density at radius 1 is 0.833 bits per heavy atom. The second kappa shape index (κ2) is 10.9. The Hall–Kier alpha value is -3.44. The maximum absolute atomic E-state index is 12.9. The highest BCUT2D eigenvalue weighted by Crippen LogP contribution is 2.28. The van der Waals surface area contributed by atoms with E-state index in [2.05, 4.69) is 10.6 Å². The van der Waals surface area contributed by atoms with Crippen molar-refractivity contribution < 1.29 is 14.3 Å². The zero-order valence-electron chi connectivity index (χ0n) is 17.0. The lowest BCUT2D eigenvalue weighted by atomic mass is 9.88. The average molecular weight is 402 g/mol. The molecule has 5 heteroatoms. The van der Waals surface area contributed by atoms with Crippen LogP contribution in [0.1, 0.15) is 33.8 Å². The Balaban J connectivity index is 1.76. The van der Waals surface area contributed by atoms with Crippen molar-refractivity contribution in [2.75, 3.05) is 25.6 Å². The Morgan fingerprint density at radius 2 is 1.40 bits per heavy atom. The van der Waals surface area contributed by atoms with Crippen LogP contribution in [0, 0.1) is 0 Å². The largest absolute Gasteiger partial charge is 0.383 e. The molecule has 0 atom stereocenters. The number of amides is 2. The molecule has 0 bridgehead atoms. The van der Waals surface area contributed by atoms with Gasteiger partial charge in [-0.1, -0.05) is 72.8 Å². The highest BCUT2D eigenvalue weighted by Gasteiger charge is 2.19. The minimum Gasteiger partial charge on any atom is -0.383 e. The van der Waals surface area contributed by atoms with Crippen molar-refractivity contribution in [2.24, 2.45) is 0 Å². The van der Waals surface area contributed by atoms with E-state index in [0.29, 0.717) is 24.4 Å². The maximum Gasteiger partial charge on any atom is 0.253 e. The fraction of sp³-hybridized carbons (Fsp3) is 0.200. The summed E-state index contributed by atoms with van der Waals surface area (Å²) in [5, 5.41) is 5.71. The maximum atomic E-state index is 12.9. The molecule has 3 rings (SSSR count). The van der Waals surface area contributed by atoms with Gasteiger partial charge in [-0.15, -0.1) is 0 Å². The molecule has 0 aliphatic carbocycles. The molecule has 0 fully saturated rings. The van der Waals surface area contributed by atoms with Crippen molar-refractivity contribution in [2.45, 2.75) is 12.3 Å². The van der Waals surface area contributed by atoms with Crippen LogP contribution in [0.5, 0.6) is 0 Å². The normalized spacial score (nSPS) is 10.6. The summed E-state index contributed by atoms with van der Waals surface area (Å²) in [5.41, 5.74) is 3.07. The monoisotopic (exact) mass is 402 g/mol. The van der Waals surface area contributed by atoms with Crippen molar-refractivity contribution in [3.05, 3.63) is 102 Å². The summed E-state index contributed by atoms with van der Waals surface area (Å²) in [7, 11) is 1.58. The molecule has 3 aromatic carbocycles. The van der Waals surface area contributed by atoms with Gasteiger partial charge in [0.15, 0.2) is 0 Å². The third-order valence-electron chi connectivity index (χ3n) is 4.83. The van der Waals surface area contributed by atoms with Gasteiger partial charge in [-0.2, -0.15) is 0 Å². The summed E-state index contributed by atoms with van der Waals surface area (Å²) in [6.45, 7) is 0.831. The quantitative estimate of drug-likeness (QED) is 0.527. The number of rotatable bonds is 9. The van der Waals surface area contributed by atoms with E-state index in [0.717, 1.165) is 11.1 Å². The van der Waals surface area contributed by atoms with E-state index in [-0.39, 0.29) is 24.2 Å². The van der Waals surface area contributed by atoms with Gasteiger partial charge in [0, 0.05) is 26.0 Å².